The van der Waals surface area contributed by atoms with Gasteiger partial charge < -0.3 is 15.4 Å². The summed E-state index contributed by atoms with van der Waals surface area (Å²) < 4.78 is 5.71. The monoisotopic (exact) mass is 248 g/mol. The number of benzene rings is 1. The summed E-state index contributed by atoms with van der Waals surface area (Å²) in [5.41, 5.74) is 0.758. The number of hydrogen-bond donors (Lipinski definition) is 2. The van der Waals surface area contributed by atoms with Gasteiger partial charge in [-0.2, -0.15) is 0 Å². The van der Waals surface area contributed by atoms with E-state index in [2.05, 4.69) is 17.6 Å². The number of nitrogens with one attached hydrogen (secondary N) is 2. The first kappa shape index (κ1) is 12.7. The van der Waals surface area contributed by atoms with Crippen LogP contribution in [0.5, 0.6) is 5.75 Å². The van der Waals surface area contributed by atoms with Gasteiger partial charge in [-0.3, -0.25) is 0 Å². The second-order valence-electron chi connectivity index (χ2n) is 4.74. The molecule has 1 aromatic carbocycles. The molecule has 1 aliphatic rings. The summed E-state index contributed by atoms with van der Waals surface area (Å²) in [6.45, 7) is 4.11. The quantitative estimate of drug-likeness (QED) is 0.841. The maximum atomic E-state index is 11.6. The molecule has 0 bridgehead atoms. The van der Waals surface area contributed by atoms with Gasteiger partial charge in [0.2, 0.25) is 0 Å². The van der Waals surface area contributed by atoms with Crippen LogP contribution in [0.25, 0.3) is 0 Å². The van der Waals surface area contributed by atoms with Crippen molar-refractivity contribution in [1.29, 1.82) is 0 Å². The molecule has 98 valence electrons. The van der Waals surface area contributed by atoms with E-state index in [9.17, 15) is 4.79 Å². The molecule has 1 saturated carbocycles. The van der Waals surface area contributed by atoms with Crippen LogP contribution in [0.2, 0.25) is 0 Å². The first-order valence-corrected chi connectivity index (χ1v) is 6.51. The largest absolute Gasteiger partial charge is 0.491 e. The van der Waals surface area contributed by atoms with Crippen LogP contribution in [0.15, 0.2) is 24.3 Å². The molecular weight excluding hydrogens is 228 g/mol. The average Bonchev–Trinajstić information content (AvgIpc) is 3.13. The predicted molar refractivity (Wildman–Crippen MR) is 72.0 cm³/mol. The highest BCUT2D eigenvalue weighted by Crippen LogP contribution is 2.21. The zero-order valence-electron chi connectivity index (χ0n) is 10.9. The molecule has 18 heavy (non-hydrogen) atoms. The first-order chi connectivity index (χ1) is 8.67. The molecule has 2 amide bonds. The number of ether oxygens (including phenoxy) is 1. The highest BCUT2D eigenvalue weighted by molar-refractivity contribution is 5.89. The van der Waals surface area contributed by atoms with E-state index in [-0.39, 0.29) is 12.1 Å². The minimum absolute atomic E-state index is 0.141. The molecule has 0 aromatic heterocycles. The standard InChI is InChI=1S/C14H20N2O2/c1-3-10(2)18-13-6-4-5-12(9-13)16-14(17)15-11-7-8-11/h4-6,9-11H,3,7-8H2,1-2H3,(H2,15,16,17). The lowest BCUT2D eigenvalue weighted by Gasteiger charge is -2.13. The topological polar surface area (TPSA) is 50.4 Å². The smallest absolute Gasteiger partial charge is 0.319 e. The van der Waals surface area contributed by atoms with Gasteiger partial charge in [-0.05, 0) is 38.3 Å². The van der Waals surface area contributed by atoms with E-state index in [0.29, 0.717) is 6.04 Å². The van der Waals surface area contributed by atoms with Crippen molar-refractivity contribution >= 4 is 11.7 Å². The Bertz CT molecular complexity index is 416. The number of amides is 2. The van der Waals surface area contributed by atoms with Crippen LogP contribution in [0.4, 0.5) is 10.5 Å². The summed E-state index contributed by atoms with van der Waals surface area (Å²) in [5, 5.41) is 5.70. The van der Waals surface area contributed by atoms with Gasteiger partial charge >= 0.3 is 6.03 Å². The van der Waals surface area contributed by atoms with Gasteiger partial charge in [0, 0.05) is 17.8 Å². The third kappa shape index (κ3) is 3.95. The van der Waals surface area contributed by atoms with Crippen LogP contribution in [-0.4, -0.2) is 18.2 Å². The Kier molecular flexibility index (Phi) is 4.07. The van der Waals surface area contributed by atoms with Crippen LogP contribution in [0.3, 0.4) is 0 Å². The third-order valence-electron chi connectivity index (χ3n) is 2.92. The zero-order chi connectivity index (χ0) is 13.0. The highest BCUT2D eigenvalue weighted by atomic mass is 16.5. The molecular formula is C14H20N2O2. The van der Waals surface area contributed by atoms with E-state index in [4.69, 9.17) is 4.74 Å². The van der Waals surface area contributed by atoms with Crippen molar-refractivity contribution in [3.05, 3.63) is 24.3 Å². The van der Waals surface area contributed by atoms with E-state index in [1.54, 1.807) is 0 Å². The summed E-state index contributed by atoms with van der Waals surface area (Å²) in [6.07, 6.45) is 3.31. The van der Waals surface area contributed by atoms with Crippen molar-refractivity contribution < 1.29 is 9.53 Å². The lowest BCUT2D eigenvalue weighted by Crippen LogP contribution is -2.30. The number of hydrogen-bond acceptors (Lipinski definition) is 2. The molecule has 1 fully saturated rings. The predicted octanol–water partition coefficient (Wildman–Crippen LogP) is 3.15. The molecule has 1 aromatic rings. The van der Waals surface area contributed by atoms with E-state index in [1.165, 1.54) is 0 Å². The zero-order valence-corrected chi connectivity index (χ0v) is 10.9. The Balaban J connectivity index is 1.91. The fourth-order valence-electron chi connectivity index (χ4n) is 1.54. The molecule has 0 spiro atoms. The third-order valence-corrected chi connectivity index (χ3v) is 2.92. The molecule has 0 aliphatic heterocycles. The van der Waals surface area contributed by atoms with Crippen molar-refractivity contribution in [3.63, 3.8) is 0 Å². The van der Waals surface area contributed by atoms with Crippen LogP contribution < -0.4 is 15.4 Å². The molecule has 1 atom stereocenters. The number of carbonyl (C=O) groups is 1. The summed E-state index contributed by atoms with van der Waals surface area (Å²) in [4.78, 5) is 11.6. The minimum atomic E-state index is -0.141. The Morgan fingerprint density at radius 1 is 1.50 bits per heavy atom. The van der Waals surface area contributed by atoms with Gasteiger partial charge in [0.1, 0.15) is 5.75 Å². The van der Waals surface area contributed by atoms with E-state index in [1.807, 2.05) is 31.2 Å². The van der Waals surface area contributed by atoms with Gasteiger partial charge in [0.25, 0.3) is 0 Å². The minimum Gasteiger partial charge on any atom is -0.491 e. The highest BCUT2D eigenvalue weighted by Gasteiger charge is 2.23. The number of anilines is 1. The van der Waals surface area contributed by atoms with Crippen molar-refractivity contribution in [2.75, 3.05) is 5.32 Å². The second kappa shape index (κ2) is 5.76. The van der Waals surface area contributed by atoms with E-state index in [0.717, 1.165) is 30.7 Å². The lowest BCUT2D eigenvalue weighted by molar-refractivity contribution is 0.217. The number of carbonyl (C=O) groups excluding carboxylic acids is 1. The molecule has 2 N–H and O–H groups in total. The first-order valence-electron chi connectivity index (χ1n) is 6.51. The van der Waals surface area contributed by atoms with Crippen LogP contribution in [0, 0.1) is 0 Å². The Morgan fingerprint density at radius 2 is 2.28 bits per heavy atom. The molecule has 1 aliphatic carbocycles. The van der Waals surface area contributed by atoms with Gasteiger partial charge in [-0.15, -0.1) is 0 Å². The number of urea groups is 1. The number of rotatable bonds is 5. The Labute approximate surface area is 108 Å². The molecule has 1 unspecified atom stereocenters. The maximum Gasteiger partial charge on any atom is 0.319 e. The molecule has 0 radical (unpaired) electrons. The second-order valence-corrected chi connectivity index (χ2v) is 4.74. The molecule has 0 saturated heterocycles. The van der Waals surface area contributed by atoms with Gasteiger partial charge in [-0.1, -0.05) is 13.0 Å². The fraction of sp³-hybridized carbons (Fsp3) is 0.500. The molecule has 4 heteroatoms. The SMILES string of the molecule is CCC(C)Oc1cccc(NC(=O)NC2CC2)c1. The van der Waals surface area contributed by atoms with Crippen LogP contribution in [0.1, 0.15) is 33.1 Å². The van der Waals surface area contributed by atoms with Crippen LogP contribution >= 0.6 is 0 Å². The van der Waals surface area contributed by atoms with Crippen LogP contribution in [-0.2, 0) is 0 Å². The molecule has 2 rings (SSSR count). The maximum absolute atomic E-state index is 11.6. The van der Waals surface area contributed by atoms with Gasteiger partial charge in [-0.25, -0.2) is 4.79 Å². The van der Waals surface area contributed by atoms with Crippen molar-refractivity contribution in [1.82, 2.24) is 5.32 Å². The fourth-order valence-corrected chi connectivity index (χ4v) is 1.54. The van der Waals surface area contributed by atoms with E-state index < -0.39 is 0 Å². The summed E-state index contributed by atoms with van der Waals surface area (Å²) in [5.74, 6) is 0.786. The summed E-state index contributed by atoms with van der Waals surface area (Å²) in [6, 6.07) is 7.71. The van der Waals surface area contributed by atoms with Gasteiger partial charge in [0.15, 0.2) is 0 Å². The van der Waals surface area contributed by atoms with Crippen molar-refractivity contribution in [2.24, 2.45) is 0 Å². The Hall–Kier alpha value is -1.71. The van der Waals surface area contributed by atoms with Crippen molar-refractivity contribution in [3.8, 4) is 5.75 Å². The van der Waals surface area contributed by atoms with Crippen molar-refractivity contribution in [2.45, 2.75) is 45.3 Å². The van der Waals surface area contributed by atoms with E-state index >= 15 is 0 Å². The summed E-state index contributed by atoms with van der Waals surface area (Å²) >= 11 is 0. The molecule has 0 heterocycles. The molecule has 4 nitrogen and oxygen atoms in total. The van der Waals surface area contributed by atoms with Gasteiger partial charge in [0.05, 0.1) is 6.10 Å². The normalized spacial score (nSPS) is 15.9. The average molecular weight is 248 g/mol. The Morgan fingerprint density at radius 3 is 2.94 bits per heavy atom. The summed E-state index contributed by atoms with van der Waals surface area (Å²) in [7, 11) is 0. The lowest BCUT2D eigenvalue weighted by atomic mass is 10.3.